The SMILES string of the molecule is CC(=O)C=C(C)O.CC(=O)C=C(C)O.Cc1ccccc1-c1c[c-]c(-c2ccccn2)cc1.Cc1ccccc1-c1c[c-]c(-c2ccccn2)cc1.[Ir].[Ir].[Ir].[Ir].[c-]1cc(-c2ccccc2)ccc1-c1ccccn1.[c-]1cc(-c2ccccc2)ccc1-c1ccccn1. The smallest absolute Gasteiger partial charge is 0.155 e. The normalized spacial score (nSPS) is 10.0. The Hall–Kier alpha value is -8.62. The molecule has 0 aliphatic carbocycles. The Kier molecular flexibility index (Phi) is 35.8. The summed E-state index contributed by atoms with van der Waals surface area (Å²) >= 11 is 0. The van der Waals surface area contributed by atoms with Gasteiger partial charge in [-0.3, -0.25) is 9.59 Å². The molecular weight excluding hydrogens is 1850 g/mol. The number of aliphatic hydroxyl groups excluding tert-OH is 2. The number of aliphatic hydroxyl groups is 2. The fraction of sp³-hybridized carbons (Fsp3) is 0.0750. The number of aryl methyl sites for hydroxylation is 2. The van der Waals surface area contributed by atoms with Crippen LogP contribution in [0.1, 0.15) is 38.8 Å². The third-order valence-corrected chi connectivity index (χ3v) is 13.0. The maximum Gasteiger partial charge on any atom is 0.155 e. The van der Waals surface area contributed by atoms with E-state index in [-0.39, 0.29) is 104 Å². The number of benzene rings is 8. The van der Waals surface area contributed by atoms with Crippen molar-refractivity contribution in [3.05, 3.63) is 339 Å². The molecule has 12 heteroatoms. The van der Waals surface area contributed by atoms with Crippen LogP contribution >= 0.6 is 0 Å². The molecule has 0 saturated heterocycles. The van der Waals surface area contributed by atoms with Crippen LogP contribution in [0.5, 0.6) is 0 Å². The van der Waals surface area contributed by atoms with Gasteiger partial charge in [-0.25, -0.2) is 0 Å². The van der Waals surface area contributed by atoms with Crippen LogP contribution in [0.25, 0.3) is 89.5 Å². The van der Waals surface area contributed by atoms with Crippen LogP contribution < -0.4 is 0 Å². The molecule has 0 amide bonds. The van der Waals surface area contributed by atoms with E-state index in [0.29, 0.717) is 0 Å². The molecule has 4 aromatic heterocycles. The summed E-state index contributed by atoms with van der Waals surface area (Å²) in [5.41, 5.74) is 20.2. The first-order valence-electron chi connectivity index (χ1n) is 28.5. The molecule has 0 bridgehead atoms. The number of rotatable bonds is 10. The van der Waals surface area contributed by atoms with Crippen molar-refractivity contribution >= 4 is 11.6 Å². The van der Waals surface area contributed by atoms with Crippen LogP contribution in [-0.2, 0) is 90.0 Å². The Balaban J connectivity index is 0.000000295. The van der Waals surface area contributed by atoms with Gasteiger partial charge in [-0.2, -0.15) is 0 Å². The summed E-state index contributed by atoms with van der Waals surface area (Å²) in [4.78, 5) is 37.4. The number of carbonyl (C=O) groups excluding carboxylic acids is 2. The first-order chi connectivity index (χ1) is 42.8. The van der Waals surface area contributed by atoms with Crippen LogP contribution in [-0.4, -0.2) is 41.7 Å². The number of nitrogens with zero attached hydrogens (tertiary/aromatic N) is 4. The second kappa shape index (κ2) is 42.4. The third-order valence-electron chi connectivity index (χ3n) is 13.0. The minimum atomic E-state index is -0.125. The summed E-state index contributed by atoms with van der Waals surface area (Å²) in [6.07, 6.45) is 9.54. The molecule has 0 aliphatic heterocycles. The fourth-order valence-electron chi connectivity index (χ4n) is 8.76. The van der Waals surface area contributed by atoms with Gasteiger partial charge in [-0.05, 0) is 88.6 Å². The fourth-order valence-corrected chi connectivity index (χ4v) is 8.76. The van der Waals surface area contributed by atoms with Crippen molar-refractivity contribution in [1.82, 2.24) is 19.9 Å². The minimum absolute atomic E-state index is 0. The molecule has 12 rings (SSSR count). The summed E-state index contributed by atoms with van der Waals surface area (Å²) in [5.74, 6) is -0.125. The number of pyridine rings is 4. The summed E-state index contributed by atoms with van der Waals surface area (Å²) in [5, 5.41) is 16.7. The molecule has 472 valence electrons. The van der Waals surface area contributed by atoms with E-state index in [1.807, 2.05) is 133 Å². The Bertz CT molecular complexity index is 3700. The minimum Gasteiger partial charge on any atom is -0.512 e. The predicted octanol–water partition coefficient (Wildman–Crippen LogP) is 19.5. The van der Waals surface area contributed by atoms with Crippen LogP contribution in [0.2, 0.25) is 0 Å². The van der Waals surface area contributed by atoms with Crippen LogP contribution in [0.3, 0.4) is 0 Å². The number of hydrogen-bond acceptors (Lipinski definition) is 8. The quantitative estimate of drug-likeness (QED) is 0.0788. The third kappa shape index (κ3) is 26.3. The largest absolute Gasteiger partial charge is 0.512 e. The van der Waals surface area contributed by atoms with E-state index in [1.165, 1.54) is 95.5 Å². The number of hydrogen-bond donors (Lipinski definition) is 2. The topological polar surface area (TPSA) is 126 Å². The molecule has 0 unspecified atom stereocenters. The van der Waals surface area contributed by atoms with Crippen molar-refractivity contribution in [2.75, 3.05) is 0 Å². The van der Waals surface area contributed by atoms with Crippen molar-refractivity contribution in [2.45, 2.75) is 41.5 Å². The Morgan fingerprint density at radius 2 is 0.554 bits per heavy atom. The van der Waals surface area contributed by atoms with Gasteiger partial charge in [0.15, 0.2) is 11.6 Å². The van der Waals surface area contributed by atoms with Crippen molar-refractivity contribution in [2.24, 2.45) is 0 Å². The van der Waals surface area contributed by atoms with Crippen molar-refractivity contribution in [3.63, 3.8) is 0 Å². The molecule has 0 aliphatic rings. The predicted molar refractivity (Wildman–Crippen MR) is 359 cm³/mol. The zero-order valence-electron chi connectivity index (χ0n) is 51.5. The molecule has 4 radical (unpaired) electrons. The Morgan fingerprint density at radius 3 is 0.761 bits per heavy atom. The van der Waals surface area contributed by atoms with E-state index in [2.05, 4.69) is 179 Å². The molecule has 12 aromatic rings. The molecule has 92 heavy (non-hydrogen) atoms. The van der Waals surface area contributed by atoms with E-state index in [9.17, 15) is 9.59 Å². The maximum absolute atomic E-state index is 10.0. The van der Waals surface area contributed by atoms with Crippen molar-refractivity contribution < 1.29 is 100 Å². The molecule has 0 saturated carbocycles. The van der Waals surface area contributed by atoms with E-state index in [0.717, 1.165) is 45.0 Å². The van der Waals surface area contributed by atoms with Gasteiger partial charge >= 0.3 is 0 Å². The summed E-state index contributed by atoms with van der Waals surface area (Å²) < 4.78 is 0. The van der Waals surface area contributed by atoms with Gasteiger partial charge in [0, 0.05) is 117 Å². The molecule has 8 nitrogen and oxygen atoms in total. The first-order valence-corrected chi connectivity index (χ1v) is 28.5. The molecular formula is C80H68Ir4N4O4-4. The average molecular weight is 1920 g/mol. The van der Waals surface area contributed by atoms with Gasteiger partial charge in [0.25, 0.3) is 0 Å². The van der Waals surface area contributed by atoms with Gasteiger partial charge in [0.1, 0.15) is 0 Å². The van der Waals surface area contributed by atoms with Crippen LogP contribution in [0, 0.1) is 38.1 Å². The van der Waals surface area contributed by atoms with E-state index < -0.39 is 0 Å². The number of carbonyl (C=O) groups is 2. The molecule has 0 fully saturated rings. The summed E-state index contributed by atoms with van der Waals surface area (Å²) in [6.45, 7) is 9.95. The van der Waals surface area contributed by atoms with Crippen LogP contribution in [0.4, 0.5) is 0 Å². The molecule has 2 N–H and O–H groups in total. The van der Waals surface area contributed by atoms with Crippen molar-refractivity contribution in [3.8, 4) is 89.5 Å². The maximum atomic E-state index is 10.0. The molecule has 4 heterocycles. The standard InChI is InChI=1S/2C18H14N.2C17H12N.2C5H8O2.4Ir/c2*1-14-6-2-3-7-17(14)15-9-11-16(12-10-15)18-8-4-5-13-19-18;2*1-2-6-14(7-3-1)15-9-11-16(12-10-15)17-8-4-5-13-18-17;2*1-4(6)3-5(2)7;;;;/h2*2-11,13H,1H3;2*1-11,13H;2*3,6H,1-2H3;;;;/q4*-1;;;;;;. The van der Waals surface area contributed by atoms with Gasteiger partial charge in [-0.15, -0.1) is 119 Å². The van der Waals surface area contributed by atoms with Gasteiger partial charge in [0.05, 0.1) is 11.5 Å². The number of aromatic nitrogens is 4. The molecule has 8 aromatic carbocycles. The number of ketones is 2. The van der Waals surface area contributed by atoms with Gasteiger partial charge in [0.2, 0.25) is 0 Å². The zero-order valence-corrected chi connectivity index (χ0v) is 61.1. The van der Waals surface area contributed by atoms with E-state index in [1.54, 1.807) is 24.8 Å². The molecule has 0 atom stereocenters. The second-order valence-corrected chi connectivity index (χ2v) is 20.0. The first kappa shape index (κ1) is 77.6. The summed E-state index contributed by atoms with van der Waals surface area (Å²) in [7, 11) is 0. The van der Waals surface area contributed by atoms with Crippen LogP contribution in [0.15, 0.2) is 303 Å². The van der Waals surface area contributed by atoms with E-state index in [4.69, 9.17) is 10.2 Å². The molecule has 0 spiro atoms. The Morgan fingerprint density at radius 1 is 0.304 bits per heavy atom. The average Bonchev–Trinajstić information content (AvgIpc) is 1.14. The number of allylic oxidation sites excluding steroid dienone is 4. The van der Waals surface area contributed by atoms with Gasteiger partial charge in [-0.1, -0.05) is 213 Å². The Labute approximate surface area is 596 Å². The summed E-state index contributed by atoms with van der Waals surface area (Å²) in [6, 6.07) is 99.1. The monoisotopic (exact) mass is 1920 g/mol. The zero-order chi connectivity index (χ0) is 62.3. The van der Waals surface area contributed by atoms with E-state index >= 15 is 0 Å². The van der Waals surface area contributed by atoms with Crippen molar-refractivity contribution in [1.29, 1.82) is 0 Å². The van der Waals surface area contributed by atoms with Gasteiger partial charge < -0.3 is 30.1 Å². The second-order valence-electron chi connectivity index (χ2n) is 20.0.